The number of benzene rings is 3. The fourth-order valence-electron chi connectivity index (χ4n) is 4.50. The number of nitriles is 1. The number of rotatable bonds is 8. The van der Waals surface area contributed by atoms with Gasteiger partial charge in [0, 0.05) is 31.2 Å². The predicted octanol–water partition coefficient (Wildman–Crippen LogP) is 4.26. The standard InChI is InChI=1S/C27H31N3O/c1-27(2,16-20-10-11-23-8-3-4-9-24(23)15-20)29-18-26(31)25-12-13-30(25)19-22-7-5-6-21(14-22)17-28/h3-11,14-15,25-26,29,31H,12-13,16,18-19H2,1-2H3/t25-,26+/m0/s1. The van der Waals surface area contributed by atoms with Gasteiger partial charge >= 0.3 is 0 Å². The van der Waals surface area contributed by atoms with Crippen molar-refractivity contribution in [2.45, 2.75) is 50.9 Å². The molecule has 160 valence electrons. The number of fused-ring (bicyclic) bond motifs is 1. The Balaban J connectivity index is 1.31. The third kappa shape index (κ3) is 5.32. The highest BCUT2D eigenvalue weighted by Gasteiger charge is 2.34. The number of aliphatic hydroxyl groups is 1. The maximum atomic E-state index is 10.8. The van der Waals surface area contributed by atoms with Gasteiger partial charge in [-0.25, -0.2) is 0 Å². The van der Waals surface area contributed by atoms with Crippen LogP contribution in [0.15, 0.2) is 66.7 Å². The van der Waals surface area contributed by atoms with E-state index in [1.165, 1.54) is 16.3 Å². The molecule has 4 heteroatoms. The van der Waals surface area contributed by atoms with Crippen LogP contribution >= 0.6 is 0 Å². The molecular weight excluding hydrogens is 382 g/mol. The Morgan fingerprint density at radius 2 is 1.87 bits per heavy atom. The van der Waals surface area contributed by atoms with E-state index in [0.29, 0.717) is 12.1 Å². The van der Waals surface area contributed by atoms with Crippen LogP contribution < -0.4 is 5.32 Å². The minimum atomic E-state index is -0.413. The van der Waals surface area contributed by atoms with Crippen LogP contribution in [0.1, 0.15) is 37.0 Å². The molecule has 0 unspecified atom stereocenters. The molecule has 31 heavy (non-hydrogen) atoms. The summed E-state index contributed by atoms with van der Waals surface area (Å²) in [5.74, 6) is 0. The molecule has 3 aromatic rings. The van der Waals surface area contributed by atoms with Crippen LogP contribution in [0.25, 0.3) is 10.8 Å². The highest BCUT2D eigenvalue weighted by atomic mass is 16.3. The lowest BCUT2D eigenvalue weighted by molar-refractivity contribution is -0.0211. The Morgan fingerprint density at radius 3 is 2.61 bits per heavy atom. The summed E-state index contributed by atoms with van der Waals surface area (Å²) < 4.78 is 0. The summed E-state index contributed by atoms with van der Waals surface area (Å²) >= 11 is 0. The molecule has 1 fully saturated rings. The first-order valence-electron chi connectivity index (χ1n) is 11.1. The molecule has 0 radical (unpaired) electrons. The Morgan fingerprint density at radius 1 is 1.06 bits per heavy atom. The van der Waals surface area contributed by atoms with E-state index in [9.17, 15) is 5.11 Å². The number of likely N-dealkylation sites (tertiary alicyclic amines) is 1. The van der Waals surface area contributed by atoms with Crippen molar-refractivity contribution in [1.29, 1.82) is 5.26 Å². The second-order valence-corrected chi connectivity index (χ2v) is 9.33. The lowest BCUT2D eigenvalue weighted by Gasteiger charge is -2.44. The predicted molar refractivity (Wildman–Crippen MR) is 126 cm³/mol. The van der Waals surface area contributed by atoms with Crippen LogP contribution in [0, 0.1) is 11.3 Å². The van der Waals surface area contributed by atoms with Crippen molar-refractivity contribution in [3.05, 3.63) is 83.4 Å². The van der Waals surface area contributed by atoms with Gasteiger partial charge in [0.05, 0.1) is 17.7 Å². The van der Waals surface area contributed by atoms with Gasteiger partial charge in [-0.1, -0.05) is 54.6 Å². The quantitative estimate of drug-likeness (QED) is 0.579. The van der Waals surface area contributed by atoms with E-state index in [2.05, 4.69) is 72.6 Å². The molecule has 1 aliphatic heterocycles. The van der Waals surface area contributed by atoms with Gasteiger partial charge < -0.3 is 10.4 Å². The second kappa shape index (κ2) is 9.20. The molecule has 0 spiro atoms. The average molecular weight is 414 g/mol. The Labute approximate surface area is 185 Å². The normalized spacial score (nSPS) is 17.8. The molecule has 4 rings (SSSR count). The first-order chi connectivity index (χ1) is 14.9. The van der Waals surface area contributed by atoms with Crippen LogP contribution in [0.5, 0.6) is 0 Å². The van der Waals surface area contributed by atoms with Crippen molar-refractivity contribution < 1.29 is 5.11 Å². The molecule has 0 amide bonds. The molecule has 0 bridgehead atoms. The van der Waals surface area contributed by atoms with Crippen LogP contribution in [0.3, 0.4) is 0 Å². The Kier molecular flexibility index (Phi) is 6.38. The van der Waals surface area contributed by atoms with Gasteiger partial charge in [-0.15, -0.1) is 0 Å². The summed E-state index contributed by atoms with van der Waals surface area (Å²) in [4.78, 5) is 2.30. The monoisotopic (exact) mass is 413 g/mol. The highest BCUT2D eigenvalue weighted by molar-refractivity contribution is 5.83. The van der Waals surface area contributed by atoms with E-state index in [1.807, 2.05) is 24.3 Å². The number of nitrogens with zero attached hydrogens (tertiary/aromatic N) is 2. The molecule has 1 saturated heterocycles. The first kappa shape index (κ1) is 21.5. The van der Waals surface area contributed by atoms with E-state index in [1.54, 1.807) is 0 Å². The van der Waals surface area contributed by atoms with Gasteiger partial charge in [-0.05, 0) is 60.7 Å². The summed E-state index contributed by atoms with van der Waals surface area (Å²) in [7, 11) is 0. The van der Waals surface area contributed by atoms with E-state index >= 15 is 0 Å². The van der Waals surface area contributed by atoms with Crippen LogP contribution in [-0.4, -0.2) is 40.8 Å². The van der Waals surface area contributed by atoms with Gasteiger partial charge in [0.15, 0.2) is 0 Å². The zero-order chi connectivity index (χ0) is 21.8. The summed E-state index contributed by atoms with van der Waals surface area (Å²) in [5, 5.41) is 26.0. The maximum Gasteiger partial charge on any atom is 0.0991 e. The summed E-state index contributed by atoms with van der Waals surface area (Å²) in [6.45, 7) is 6.72. The summed E-state index contributed by atoms with van der Waals surface area (Å²) in [6, 6.07) is 25.2. The summed E-state index contributed by atoms with van der Waals surface area (Å²) in [5.41, 5.74) is 3.00. The van der Waals surface area contributed by atoms with Crippen molar-refractivity contribution in [3.8, 4) is 6.07 Å². The lowest BCUT2D eigenvalue weighted by atomic mass is 9.91. The molecule has 1 heterocycles. The number of β-amino-alcohol motifs (C(OH)–C–C–N with tert-alkyl or cyclic N) is 1. The van der Waals surface area contributed by atoms with Gasteiger partial charge in [-0.2, -0.15) is 5.26 Å². The first-order valence-corrected chi connectivity index (χ1v) is 11.1. The number of nitrogens with one attached hydrogen (secondary N) is 1. The van der Waals surface area contributed by atoms with Crippen molar-refractivity contribution >= 4 is 10.8 Å². The van der Waals surface area contributed by atoms with Gasteiger partial charge in [0.1, 0.15) is 0 Å². The Bertz CT molecular complexity index is 1090. The van der Waals surface area contributed by atoms with Crippen molar-refractivity contribution in [2.24, 2.45) is 0 Å². The SMILES string of the molecule is CC(C)(Cc1ccc2ccccc2c1)NC[C@@H](O)[C@@H]1CCN1Cc1cccc(C#N)c1. The third-order valence-corrected chi connectivity index (χ3v) is 6.32. The third-order valence-electron chi connectivity index (χ3n) is 6.32. The molecule has 2 N–H and O–H groups in total. The largest absolute Gasteiger partial charge is 0.390 e. The van der Waals surface area contributed by atoms with E-state index in [0.717, 1.165) is 31.5 Å². The molecule has 0 saturated carbocycles. The molecule has 0 aromatic heterocycles. The van der Waals surface area contributed by atoms with Crippen LogP contribution in [0.4, 0.5) is 0 Å². The van der Waals surface area contributed by atoms with Crippen LogP contribution in [0.2, 0.25) is 0 Å². The topological polar surface area (TPSA) is 59.3 Å². The van der Waals surface area contributed by atoms with E-state index < -0.39 is 6.10 Å². The molecule has 2 atom stereocenters. The average Bonchev–Trinajstić information content (AvgIpc) is 2.75. The fraction of sp³-hybridized carbons (Fsp3) is 0.370. The molecular formula is C27H31N3O. The van der Waals surface area contributed by atoms with Gasteiger partial charge in [0.2, 0.25) is 0 Å². The molecule has 3 aromatic carbocycles. The van der Waals surface area contributed by atoms with E-state index in [-0.39, 0.29) is 11.6 Å². The minimum Gasteiger partial charge on any atom is -0.390 e. The molecule has 1 aliphatic rings. The van der Waals surface area contributed by atoms with Crippen molar-refractivity contribution in [2.75, 3.05) is 13.1 Å². The summed E-state index contributed by atoms with van der Waals surface area (Å²) in [6.07, 6.45) is 1.50. The van der Waals surface area contributed by atoms with E-state index in [4.69, 9.17) is 5.26 Å². The number of hydrogen-bond donors (Lipinski definition) is 2. The zero-order valence-electron chi connectivity index (χ0n) is 18.4. The lowest BCUT2D eigenvalue weighted by Crippen LogP contribution is -2.57. The van der Waals surface area contributed by atoms with Gasteiger partial charge in [-0.3, -0.25) is 4.90 Å². The molecule has 4 nitrogen and oxygen atoms in total. The van der Waals surface area contributed by atoms with Gasteiger partial charge in [0.25, 0.3) is 0 Å². The fourth-order valence-corrected chi connectivity index (χ4v) is 4.50. The highest BCUT2D eigenvalue weighted by Crippen LogP contribution is 2.24. The van der Waals surface area contributed by atoms with Crippen LogP contribution in [-0.2, 0) is 13.0 Å². The minimum absolute atomic E-state index is 0.112. The van der Waals surface area contributed by atoms with Crippen molar-refractivity contribution in [3.63, 3.8) is 0 Å². The zero-order valence-corrected chi connectivity index (χ0v) is 18.4. The molecule has 0 aliphatic carbocycles. The Hall–Kier alpha value is -2.71. The smallest absolute Gasteiger partial charge is 0.0991 e. The maximum absolute atomic E-state index is 10.8. The number of hydrogen-bond acceptors (Lipinski definition) is 4. The number of aliphatic hydroxyl groups excluding tert-OH is 1. The second-order valence-electron chi connectivity index (χ2n) is 9.33. The van der Waals surface area contributed by atoms with Crippen molar-refractivity contribution in [1.82, 2.24) is 10.2 Å².